The highest BCUT2D eigenvalue weighted by Crippen LogP contribution is 2.64. The number of esters is 1. The molecule has 0 aliphatic carbocycles. The van der Waals surface area contributed by atoms with Gasteiger partial charge in [0.25, 0.3) is 0 Å². The minimum Gasteiger partial charge on any atom is -0.461 e. The van der Waals surface area contributed by atoms with Gasteiger partial charge in [0.2, 0.25) is 11.8 Å². The van der Waals surface area contributed by atoms with Crippen molar-refractivity contribution in [1.82, 2.24) is 9.80 Å². The molecule has 34 heavy (non-hydrogen) atoms. The fourth-order valence-electron chi connectivity index (χ4n) is 6.25. The third-order valence-corrected chi connectivity index (χ3v) is 7.80. The van der Waals surface area contributed by atoms with Gasteiger partial charge < -0.3 is 24.4 Å². The Hall–Kier alpha value is -2.19. The van der Waals surface area contributed by atoms with Crippen molar-refractivity contribution in [2.24, 2.45) is 11.8 Å². The molecule has 0 aromatic carbocycles. The second-order valence-electron chi connectivity index (χ2n) is 9.94. The summed E-state index contributed by atoms with van der Waals surface area (Å²) >= 11 is 0. The van der Waals surface area contributed by atoms with Gasteiger partial charge in [0.05, 0.1) is 11.5 Å². The summed E-state index contributed by atoms with van der Waals surface area (Å²) in [6.45, 7) is 14.1. The van der Waals surface area contributed by atoms with E-state index < -0.39 is 35.0 Å². The lowest BCUT2D eigenvalue weighted by Crippen LogP contribution is -2.57. The number of amides is 2. The van der Waals surface area contributed by atoms with Crippen LogP contribution in [-0.4, -0.2) is 82.3 Å². The Labute approximate surface area is 202 Å². The molecule has 8 heteroatoms. The number of carbonyl (C=O) groups excluding carboxylic acids is 3. The Morgan fingerprint density at radius 3 is 2.59 bits per heavy atom. The van der Waals surface area contributed by atoms with E-state index in [4.69, 9.17) is 14.6 Å². The number of aliphatic hydroxyl groups excluding tert-OH is 1. The van der Waals surface area contributed by atoms with Crippen LogP contribution in [0.2, 0.25) is 0 Å². The highest BCUT2D eigenvalue weighted by atomic mass is 16.6. The van der Waals surface area contributed by atoms with E-state index in [2.05, 4.69) is 13.2 Å². The highest BCUT2D eigenvalue weighted by Gasteiger charge is 2.79. The lowest BCUT2D eigenvalue weighted by Gasteiger charge is -2.38. The van der Waals surface area contributed by atoms with E-state index >= 15 is 0 Å². The highest BCUT2D eigenvalue weighted by molar-refractivity contribution is 5.98. The van der Waals surface area contributed by atoms with Gasteiger partial charge >= 0.3 is 5.97 Å². The topological polar surface area (TPSA) is 96.4 Å². The quantitative estimate of drug-likeness (QED) is 0.249. The Bertz CT molecular complexity index is 813. The van der Waals surface area contributed by atoms with E-state index in [1.54, 1.807) is 15.9 Å². The first kappa shape index (κ1) is 26.4. The smallest absolute Gasteiger partial charge is 0.313 e. The zero-order valence-corrected chi connectivity index (χ0v) is 20.8. The van der Waals surface area contributed by atoms with Crippen molar-refractivity contribution in [2.45, 2.75) is 82.6 Å². The fourth-order valence-corrected chi connectivity index (χ4v) is 6.25. The van der Waals surface area contributed by atoms with Crippen molar-refractivity contribution < 1.29 is 29.0 Å². The van der Waals surface area contributed by atoms with Crippen LogP contribution in [0.1, 0.15) is 59.3 Å². The van der Waals surface area contributed by atoms with Crippen LogP contribution in [0.4, 0.5) is 0 Å². The maximum Gasteiger partial charge on any atom is 0.313 e. The van der Waals surface area contributed by atoms with E-state index in [0.29, 0.717) is 45.2 Å². The molecule has 0 saturated carbocycles. The predicted octanol–water partition coefficient (Wildman–Crippen LogP) is 2.46. The Balaban J connectivity index is 2.04. The Morgan fingerprint density at radius 1 is 1.26 bits per heavy atom. The molecule has 2 amide bonds. The van der Waals surface area contributed by atoms with Gasteiger partial charge in [-0.3, -0.25) is 14.4 Å². The zero-order chi connectivity index (χ0) is 25.1. The van der Waals surface area contributed by atoms with E-state index in [9.17, 15) is 14.4 Å². The molecule has 3 aliphatic rings. The van der Waals surface area contributed by atoms with Gasteiger partial charge in [-0.2, -0.15) is 0 Å². The Morgan fingerprint density at radius 2 is 2.00 bits per heavy atom. The minimum absolute atomic E-state index is 0.0662. The third-order valence-electron chi connectivity index (χ3n) is 7.80. The molecule has 3 rings (SSSR count). The molecule has 3 saturated heterocycles. The molecule has 3 heterocycles. The van der Waals surface area contributed by atoms with Crippen LogP contribution in [0.5, 0.6) is 0 Å². The van der Waals surface area contributed by atoms with Crippen LogP contribution in [0.25, 0.3) is 0 Å². The molecule has 1 N–H and O–H groups in total. The SMILES string of the molecule is C=CCOC(=O)[C@@H]1[C@H]2C(=O)N(CCCCCO)C(C(=O)N(CC=C)C(C)C)C23CC[C@@]1(CC)O3. The maximum absolute atomic E-state index is 14.0. The van der Waals surface area contributed by atoms with Crippen LogP contribution in [-0.2, 0) is 23.9 Å². The summed E-state index contributed by atoms with van der Waals surface area (Å²) in [5, 5.41) is 9.15. The summed E-state index contributed by atoms with van der Waals surface area (Å²) in [5.74, 6) is -2.33. The summed E-state index contributed by atoms with van der Waals surface area (Å²) in [6.07, 6.45) is 6.94. The molecule has 190 valence electrons. The fraction of sp³-hybridized carbons (Fsp3) is 0.731. The molecular weight excluding hydrogens is 436 g/mol. The first-order chi connectivity index (χ1) is 16.2. The molecule has 0 aromatic heterocycles. The van der Waals surface area contributed by atoms with Crippen LogP contribution < -0.4 is 0 Å². The van der Waals surface area contributed by atoms with E-state index in [1.165, 1.54) is 6.08 Å². The van der Waals surface area contributed by atoms with Crippen molar-refractivity contribution >= 4 is 17.8 Å². The van der Waals surface area contributed by atoms with Gasteiger partial charge in [-0.1, -0.05) is 25.7 Å². The minimum atomic E-state index is -1.05. The lowest BCUT2D eigenvalue weighted by molar-refractivity contribution is -0.161. The summed E-state index contributed by atoms with van der Waals surface area (Å²) < 4.78 is 12.1. The van der Waals surface area contributed by atoms with Gasteiger partial charge in [0.15, 0.2) is 0 Å². The third kappa shape index (κ3) is 4.19. The second kappa shape index (κ2) is 10.6. The largest absolute Gasteiger partial charge is 0.461 e. The van der Waals surface area contributed by atoms with Crippen molar-refractivity contribution in [3.05, 3.63) is 25.3 Å². The van der Waals surface area contributed by atoms with Crippen LogP contribution >= 0.6 is 0 Å². The van der Waals surface area contributed by atoms with Gasteiger partial charge in [-0.05, 0) is 52.4 Å². The molecule has 3 aliphatic heterocycles. The number of fused-ring (bicyclic) bond motifs is 1. The summed E-state index contributed by atoms with van der Waals surface area (Å²) in [6, 6.07) is -0.883. The first-order valence-corrected chi connectivity index (χ1v) is 12.5. The Kier molecular flexibility index (Phi) is 8.24. The van der Waals surface area contributed by atoms with Crippen LogP contribution in [0.15, 0.2) is 25.3 Å². The lowest BCUT2D eigenvalue weighted by atomic mass is 9.65. The van der Waals surface area contributed by atoms with E-state index in [0.717, 1.165) is 6.42 Å². The van der Waals surface area contributed by atoms with Gasteiger partial charge in [-0.15, -0.1) is 6.58 Å². The number of aliphatic hydroxyl groups is 1. The maximum atomic E-state index is 14.0. The number of unbranched alkanes of at least 4 members (excludes halogenated alkanes) is 2. The van der Waals surface area contributed by atoms with E-state index in [1.807, 2.05) is 20.8 Å². The predicted molar refractivity (Wildman–Crippen MR) is 128 cm³/mol. The standard InChI is InChI=1S/C26H40N2O6/c1-6-14-27(18(4)5)23(31)21-26-13-12-25(8-3,34-26)20(24(32)33-17-7-2)19(26)22(30)28(21)15-10-9-11-16-29/h6-7,18-21,29H,1-2,8-17H2,3-5H3/t19-,20-,21?,25+,26?/m0/s1. The number of hydrogen-bond donors (Lipinski definition) is 1. The normalized spacial score (nSPS) is 31.6. The van der Waals surface area contributed by atoms with Crippen molar-refractivity contribution in [3.8, 4) is 0 Å². The molecule has 2 unspecified atom stereocenters. The molecule has 0 radical (unpaired) electrons. The van der Waals surface area contributed by atoms with Crippen LogP contribution in [0.3, 0.4) is 0 Å². The van der Waals surface area contributed by atoms with Gasteiger partial charge in [0, 0.05) is 25.7 Å². The summed E-state index contributed by atoms with van der Waals surface area (Å²) in [7, 11) is 0. The first-order valence-electron chi connectivity index (χ1n) is 12.5. The summed E-state index contributed by atoms with van der Waals surface area (Å²) in [5.41, 5.74) is -1.85. The van der Waals surface area contributed by atoms with Gasteiger partial charge in [0.1, 0.15) is 24.2 Å². The number of rotatable bonds is 13. The average Bonchev–Trinajstić information content (AvgIpc) is 3.42. The van der Waals surface area contributed by atoms with E-state index in [-0.39, 0.29) is 31.1 Å². The number of carbonyl (C=O) groups is 3. The zero-order valence-electron chi connectivity index (χ0n) is 20.8. The molecule has 2 bridgehead atoms. The van der Waals surface area contributed by atoms with Crippen LogP contribution in [0, 0.1) is 11.8 Å². The molecule has 8 nitrogen and oxygen atoms in total. The van der Waals surface area contributed by atoms with Crippen molar-refractivity contribution in [2.75, 3.05) is 26.3 Å². The monoisotopic (exact) mass is 476 g/mol. The molecule has 0 aromatic rings. The summed E-state index contributed by atoms with van der Waals surface area (Å²) in [4.78, 5) is 44.5. The number of ether oxygens (including phenoxy) is 2. The number of likely N-dealkylation sites (tertiary alicyclic amines) is 1. The molecule has 3 fully saturated rings. The molecule has 5 atom stereocenters. The molecular formula is C26H40N2O6. The molecule has 1 spiro atoms. The van der Waals surface area contributed by atoms with Crippen molar-refractivity contribution in [3.63, 3.8) is 0 Å². The number of hydrogen-bond acceptors (Lipinski definition) is 6. The van der Waals surface area contributed by atoms with Gasteiger partial charge in [-0.25, -0.2) is 0 Å². The number of nitrogens with zero attached hydrogens (tertiary/aromatic N) is 2. The second-order valence-corrected chi connectivity index (χ2v) is 9.94. The van der Waals surface area contributed by atoms with Crippen molar-refractivity contribution in [1.29, 1.82) is 0 Å². The average molecular weight is 477 g/mol.